The van der Waals surface area contributed by atoms with Crippen LogP contribution in [0.25, 0.3) is 11.3 Å². The number of likely N-dealkylation sites (tertiary alicyclic amines) is 1. The molecule has 2 aromatic rings. The Labute approximate surface area is 146 Å². The summed E-state index contributed by atoms with van der Waals surface area (Å²) in [5.74, 6) is 0.538. The standard InChI is InChI=1S/C17H21FN4.CH2O2/c1-22-11-3-2-4-15(22)12-19-17-10-9-16(20-21-17)13-5-7-14(18)8-6-13;2-1-3/h5-10,15H,2-4,11-12H2,1H3,(H,19,21);1H,(H,2,3). The van der Waals surface area contributed by atoms with Crippen LogP contribution in [0.1, 0.15) is 19.3 Å². The summed E-state index contributed by atoms with van der Waals surface area (Å²) in [6.07, 6.45) is 3.82. The molecule has 0 bridgehead atoms. The maximum absolute atomic E-state index is 12.9. The highest BCUT2D eigenvalue weighted by molar-refractivity contribution is 5.59. The molecule has 0 amide bonds. The average Bonchev–Trinajstić information content (AvgIpc) is 2.63. The van der Waals surface area contributed by atoms with Crippen molar-refractivity contribution in [2.24, 2.45) is 0 Å². The first-order valence-corrected chi connectivity index (χ1v) is 8.25. The van der Waals surface area contributed by atoms with E-state index in [1.165, 1.54) is 37.9 Å². The Kier molecular flexibility index (Phi) is 7.28. The summed E-state index contributed by atoms with van der Waals surface area (Å²) in [4.78, 5) is 10.8. The molecule has 1 aromatic carbocycles. The summed E-state index contributed by atoms with van der Waals surface area (Å²) in [7, 11) is 2.18. The highest BCUT2D eigenvalue weighted by Crippen LogP contribution is 2.18. The summed E-state index contributed by atoms with van der Waals surface area (Å²) in [5, 5.41) is 18.7. The van der Waals surface area contributed by atoms with Crippen LogP contribution in [-0.2, 0) is 4.79 Å². The minimum Gasteiger partial charge on any atom is -0.483 e. The summed E-state index contributed by atoms with van der Waals surface area (Å²) >= 11 is 0. The third kappa shape index (κ3) is 5.79. The third-order valence-electron chi connectivity index (χ3n) is 4.24. The van der Waals surface area contributed by atoms with Gasteiger partial charge in [-0.2, -0.15) is 0 Å². The lowest BCUT2D eigenvalue weighted by molar-refractivity contribution is -0.122. The van der Waals surface area contributed by atoms with Crippen LogP contribution in [0.3, 0.4) is 0 Å². The van der Waals surface area contributed by atoms with Crippen molar-refractivity contribution in [1.82, 2.24) is 15.1 Å². The summed E-state index contributed by atoms with van der Waals surface area (Å²) in [6, 6.07) is 10.7. The van der Waals surface area contributed by atoms with Crippen LogP contribution in [0, 0.1) is 5.82 Å². The molecule has 3 rings (SSSR count). The van der Waals surface area contributed by atoms with E-state index in [1.807, 2.05) is 12.1 Å². The van der Waals surface area contributed by atoms with E-state index in [1.54, 1.807) is 12.1 Å². The Morgan fingerprint density at radius 2 is 1.96 bits per heavy atom. The van der Waals surface area contributed by atoms with Crippen molar-refractivity contribution >= 4 is 12.3 Å². The van der Waals surface area contributed by atoms with Gasteiger partial charge in [-0.1, -0.05) is 6.42 Å². The van der Waals surface area contributed by atoms with Crippen molar-refractivity contribution in [2.75, 3.05) is 25.5 Å². The minimum atomic E-state index is -0.250. The number of halogens is 1. The molecule has 1 atom stereocenters. The quantitative estimate of drug-likeness (QED) is 0.829. The van der Waals surface area contributed by atoms with Crippen molar-refractivity contribution in [3.63, 3.8) is 0 Å². The molecule has 2 heterocycles. The molecule has 1 aromatic heterocycles. The second kappa shape index (κ2) is 9.68. The Morgan fingerprint density at radius 1 is 1.24 bits per heavy atom. The largest absolute Gasteiger partial charge is 0.483 e. The second-order valence-corrected chi connectivity index (χ2v) is 5.93. The first-order chi connectivity index (χ1) is 12.1. The lowest BCUT2D eigenvalue weighted by atomic mass is 10.0. The van der Waals surface area contributed by atoms with E-state index in [-0.39, 0.29) is 12.3 Å². The summed E-state index contributed by atoms with van der Waals surface area (Å²) in [6.45, 7) is 1.81. The van der Waals surface area contributed by atoms with Crippen LogP contribution in [0.15, 0.2) is 36.4 Å². The molecule has 0 aliphatic carbocycles. The molecule has 25 heavy (non-hydrogen) atoms. The van der Waals surface area contributed by atoms with Crippen LogP contribution >= 0.6 is 0 Å². The van der Waals surface area contributed by atoms with Crippen molar-refractivity contribution in [3.05, 3.63) is 42.2 Å². The van der Waals surface area contributed by atoms with Gasteiger partial charge in [0.1, 0.15) is 11.6 Å². The molecule has 0 spiro atoms. The number of hydrogen-bond donors (Lipinski definition) is 2. The highest BCUT2D eigenvalue weighted by atomic mass is 19.1. The number of benzene rings is 1. The number of aromatic nitrogens is 2. The first kappa shape index (κ1) is 18.8. The SMILES string of the molecule is CN1CCCCC1CNc1ccc(-c2ccc(F)cc2)nn1.O=CO. The summed E-state index contributed by atoms with van der Waals surface area (Å²) < 4.78 is 12.9. The van der Waals surface area contributed by atoms with Crippen LogP contribution in [0.2, 0.25) is 0 Å². The third-order valence-corrected chi connectivity index (χ3v) is 4.24. The average molecular weight is 346 g/mol. The Morgan fingerprint density at radius 3 is 2.56 bits per heavy atom. The van der Waals surface area contributed by atoms with E-state index in [9.17, 15) is 4.39 Å². The minimum absolute atomic E-state index is 0.244. The number of likely N-dealkylation sites (N-methyl/N-ethyl adjacent to an activating group) is 1. The van der Waals surface area contributed by atoms with Gasteiger partial charge in [0, 0.05) is 18.2 Å². The maximum atomic E-state index is 12.9. The number of carbonyl (C=O) groups is 1. The van der Waals surface area contributed by atoms with E-state index in [0.717, 1.165) is 23.6 Å². The van der Waals surface area contributed by atoms with Crippen molar-refractivity contribution < 1.29 is 14.3 Å². The first-order valence-electron chi connectivity index (χ1n) is 8.25. The number of piperidine rings is 1. The number of nitrogens with one attached hydrogen (secondary N) is 1. The normalized spacial score (nSPS) is 17.3. The number of carboxylic acid groups (broad SMARTS) is 1. The smallest absolute Gasteiger partial charge is 0.290 e. The molecule has 7 heteroatoms. The predicted octanol–water partition coefficient (Wildman–Crippen LogP) is 2.88. The lowest BCUT2D eigenvalue weighted by Gasteiger charge is -2.32. The lowest BCUT2D eigenvalue weighted by Crippen LogP contribution is -2.40. The van der Waals surface area contributed by atoms with Crippen LogP contribution in [-0.4, -0.2) is 52.9 Å². The molecule has 1 unspecified atom stereocenters. The fourth-order valence-electron chi connectivity index (χ4n) is 2.83. The van der Waals surface area contributed by atoms with E-state index in [0.29, 0.717) is 6.04 Å². The van der Waals surface area contributed by atoms with E-state index in [4.69, 9.17) is 9.90 Å². The maximum Gasteiger partial charge on any atom is 0.290 e. The molecule has 6 nitrogen and oxygen atoms in total. The zero-order valence-corrected chi connectivity index (χ0v) is 14.2. The van der Waals surface area contributed by atoms with Gasteiger partial charge in [0.2, 0.25) is 0 Å². The molecule has 134 valence electrons. The Hall–Kier alpha value is -2.54. The van der Waals surface area contributed by atoms with Gasteiger partial charge in [-0.25, -0.2) is 4.39 Å². The van der Waals surface area contributed by atoms with Gasteiger partial charge in [-0.05, 0) is 62.8 Å². The molecule has 1 fully saturated rings. The number of rotatable bonds is 4. The monoisotopic (exact) mass is 346 g/mol. The molecule has 0 radical (unpaired) electrons. The Bertz CT molecular complexity index is 649. The Balaban J connectivity index is 0.000000701. The molecule has 1 saturated heterocycles. The van der Waals surface area contributed by atoms with Gasteiger partial charge < -0.3 is 15.3 Å². The fourth-order valence-corrected chi connectivity index (χ4v) is 2.83. The van der Waals surface area contributed by atoms with Crippen LogP contribution < -0.4 is 5.32 Å². The van der Waals surface area contributed by atoms with Crippen molar-refractivity contribution in [1.29, 1.82) is 0 Å². The highest BCUT2D eigenvalue weighted by Gasteiger charge is 2.18. The molecule has 1 aliphatic heterocycles. The zero-order valence-electron chi connectivity index (χ0n) is 14.2. The van der Waals surface area contributed by atoms with Gasteiger partial charge in [0.15, 0.2) is 0 Å². The second-order valence-electron chi connectivity index (χ2n) is 5.93. The van der Waals surface area contributed by atoms with E-state index < -0.39 is 0 Å². The van der Waals surface area contributed by atoms with Gasteiger partial charge in [0.25, 0.3) is 6.47 Å². The van der Waals surface area contributed by atoms with Crippen LogP contribution in [0.5, 0.6) is 0 Å². The molecular weight excluding hydrogens is 323 g/mol. The van der Waals surface area contributed by atoms with Gasteiger partial charge in [-0.3, -0.25) is 4.79 Å². The number of nitrogens with zero attached hydrogens (tertiary/aromatic N) is 3. The molecule has 2 N–H and O–H groups in total. The van der Waals surface area contributed by atoms with Crippen LogP contribution in [0.4, 0.5) is 10.2 Å². The van der Waals surface area contributed by atoms with Crippen molar-refractivity contribution in [3.8, 4) is 11.3 Å². The molecule has 0 saturated carbocycles. The van der Waals surface area contributed by atoms with Gasteiger partial charge in [-0.15, -0.1) is 10.2 Å². The topological polar surface area (TPSA) is 78.3 Å². The van der Waals surface area contributed by atoms with E-state index in [2.05, 4.69) is 27.5 Å². The fraction of sp³-hybridized carbons (Fsp3) is 0.389. The number of anilines is 1. The predicted molar refractivity (Wildman–Crippen MR) is 94.9 cm³/mol. The summed E-state index contributed by atoms with van der Waals surface area (Å²) in [5.41, 5.74) is 1.62. The zero-order chi connectivity index (χ0) is 18.1. The van der Waals surface area contributed by atoms with E-state index >= 15 is 0 Å². The number of hydrogen-bond acceptors (Lipinski definition) is 5. The van der Waals surface area contributed by atoms with Crippen molar-refractivity contribution in [2.45, 2.75) is 25.3 Å². The van der Waals surface area contributed by atoms with Gasteiger partial charge in [0.05, 0.1) is 5.69 Å². The molecular formula is C18H23FN4O2. The van der Waals surface area contributed by atoms with Gasteiger partial charge >= 0.3 is 0 Å². The molecule has 1 aliphatic rings.